The van der Waals surface area contributed by atoms with Gasteiger partial charge in [0.15, 0.2) is 0 Å². The Morgan fingerprint density at radius 1 is 0.882 bits per heavy atom. The van der Waals surface area contributed by atoms with Crippen LogP contribution in [0.15, 0.2) is 36.4 Å². The average Bonchev–Trinajstić information content (AvgIpc) is 2.30. The molecule has 0 radical (unpaired) electrons. The fraction of sp³-hybridized carbons (Fsp3) is 0.143. The molecule has 2 rings (SSSR count). The normalized spacial score (nSPS) is 10.4. The number of benzene rings is 2. The summed E-state index contributed by atoms with van der Waals surface area (Å²) in [5.41, 5.74) is 1.53. The Labute approximate surface area is 99.6 Å². The first kappa shape index (κ1) is 11.3. The zero-order valence-corrected chi connectivity index (χ0v) is 9.51. The van der Waals surface area contributed by atoms with Gasteiger partial charge in [0.2, 0.25) is 0 Å². The fourth-order valence-electron chi connectivity index (χ4n) is 1.83. The van der Waals surface area contributed by atoms with Gasteiger partial charge in [-0.15, -0.1) is 0 Å². The van der Waals surface area contributed by atoms with E-state index in [1.807, 2.05) is 6.92 Å². The van der Waals surface area contributed by atoms with Crippen LogP contribution in [0.4, 0.5) is 0 Å². The smallest absolute Gasteiger partial charge is 0.127 e. The summed E-state index contributed by atoms with van der Waals surface area (Å²) in [7, 11) is 0. The van der Waals surface area contributed by atoms with E-state index in [0.29, 0.717) is 5.56 Å². The molecule has 3 heteroatoms. The van der Waals surface area contributed by atoms with Crippen molar-refractivity contribution in [2.45, 2.75) is 13.3 Å². The second kappa shape index (κ2) is 4.37. The highest BCUT2D eigenvalue weighted by Gasteiger charge is 2.14. The van der Waals surface area contributed by atoms with Crippen molar-refractivity contribution in [2.24, 2.45) is 0 Å². The molecule has 3 N–H and O–H groups in total. The van der Waals surface area contributed by atoms with E-state index in [2.05, 4.69) is 0 Å². The van der Waals surface area contributed by atoms with Crippen LogP contribution in [0.2, 0.25) is 0 Å². The summed E-state index contributed by atoms with van der Waals surface area (Å²) in [4.78, 5) is 0. The Morgan fingerprint density at radius 3 is 2.00 bits per heavy atom. The largest absolute Gasteiger partial charge is 0.507 e. The van der Waals surface area contributed by atoms with Crippen LogP contribution >= 0.6 is 0 Å². The van der Waals surface area contributed by atoms with Crippen molar-refractivity contribution in [2.75, 3.05) is 0 Å². The second-order valence-electron chi connectivity index (χ2n) is 3.88. The monoisotopic (exact) mass is 230 g/mol. The van der Waals surface area contributed by atoms with Gasteiger partial charge in [-0.2, -0.15) is 0 Å². The molecule has 2 aromatic carbocycles. The quantitative estimate of drug-likeness (QED) is 0.743. The molecule has 2 aromatic rings. The Hall–Kier alpha value is -2.16. The number of rotatable bonds is 2. The zero-order valence-electron chi connectivity index (χ0n) is 9.51. The van der Waals surface area contributed by atoms with Crippen molar-refractivity contribution in [3.8, 4) is 28.4 Å². The van der Waals surface area contributed by atoms with Gasteiger partial charge in [-0.25, -0.2) is 0 Å². The molecule has 0 saturated carbocycles. The van der Waals surface area contributed by atoms with Crippen molar-refractivity contribution in [1.82, 2.24) is 0 Å². The molecule has 3 nitrogen and oxygen atoms in total. The van der Waals surface area contributed by atoms with E-state index in [0.717, 1.165) is 12.0 Å². The molecule has 88 valence electrons. The molecule has 0 fully saturated rings. The Balaban J connectivity index is 2.64. The summed E-state index contributed by atoms with van der Waals surface area (Å²) < 4.78 is 0. The Bertz CT molecular complexity index is 524. The summed E-state index contributed by atoms with van der Waals surface area (Å²) in [5, 5.41) is 29.5. The van der Waals surface area contributed by atoms with Gasteiger partial charge >= 0.3 is 0 Å². The highest BCUT2D eigenvalue weighted by atomic mass is 16.3. The van der Waals surface area contributed by atoms with E-state index in [4.69, 9.17) is 0 Å². The lowest BCUT2D eigenvalue weighted by Crippen LogP contribution is -1.86. The highest BCUT2D eigenvalue weighted by Crippen LogP contribution is 2.41. The maximum Gasteiger partial charge on any atom is 0.127 e. The summed E-state index contributed by atoms with van der Waals surface area (Å²) in [6.07, 6.45) is 0.724. The van der Waals surface area contributed by atoms with E-state index < -0.39 is 0 Å². The van der Waals surface area contributed by atoms with Gasteiger partial charge in [-0.3, -0.25) is 0 Å². The SMILES string of the molecule is CCc1cc(O)c(-c2ccccc2O)c(O)c1. The van der Waals surface area contributed by atoms with Crippen LogP contribution in [0.5, 0.6) is 17.2 Å². The van der Waals surface area contributed by atoms with Crippen LogP contribution in [0.1, 0.15) is 12.5 Å². The lowest BCUT2D eigenvalue weighted by atomic mass is 9.99. The van der Waals surface area contributed by atoms with E-state index in [-0.39, 0.29) is 22.8 Å². The molecule has 0 aliphatic rings. The number of aryl methyl sites for hydroxylation is 1. The zero-order chi connectivity index (χ0) is 12.4. The van der Waals surface area contributed by atoms with Gasteiger partial charge in [0.1, 0.15) is 17.2 Å². The number of phenolic OH excluding ortho intramolecular Hbond substituents is 3. The molecule has 0 amide bonds. The minimum atomic E-state index is -0.0247. The molecule has 0 spiro atoms. The van der Waals surface area contributed by atoms with Crippen LogP contribution in [-0.2, 0) is 6.42 Å². The van der Waals surface area contributed by atoms with E-state index in [1.54, 1.807) is 30.3 Å². The first-order chi connectivity index (χ1) is 8.13. The predicted molar refractivity (Wildman–Crippen MR) is 66.3 cm³/mol. The topological polar surface area (TPSA) is 60.7 Å². The lowest BCUT2D eigenvalue weighted by molar-refractivity contribution is 0.449. The van der Waals surface area contributed by atoms with Crippen LogP contribution in [0.25, 0.3) is 11.1 Å². The fourth-order valence-corrected chi connectivity index (χ4v) is 1.83. The highest BCUT2D eigenvalue weighted by molar-refractivity contribution is 5.80. The van der Waals surface area contributed by atoms with E-state index >= 15 is 0 Å². The van der Waals surface area contributed by atoms with Crippen LogP contribution in [0.3, 0.4) is 0 Å². The first-order valence-corrected chi connectivity index (χ1v) is 5.46. The predicted octanol–water partition coefficient (Wildman–Crippen LogP) is 3.03. The third-order valence-corrected chi connectivity index (χ3v) is 2.74. The molecule has 0 saturated heterocycles. The van der Waals surface area contributed by atoms with Crippen molar-refractivity contribution >= 4 is 0 Å². The molecule has 0 bridgehead atoms. The summed E-state index contributed by atoms with van der Waals surface area (Å²) in [6, 6.07) is 9.79. The van der Waals surface area contributed by atoms with Crippen LogP contribution in [0, 0.1) is 0 Å². The number of para-hydroxylation sites is 1. The van der Waals surface area contributed by atoms with Crippen LogP contribution < -0.4 is 0 Å². The second-order valence-corrected chi connectivity index (χ2v) is 3.88. The van der Waals surface area contributed by atoms with Crippen LogP contribution in [-0.4, -0.2) is 15.3 Å². The molecule has 0 heterocycles. The van der Waals surface area contributed by atoms with E-state index in [1.165, 1.54) is 6.07 Å². The average molecular weight is 230 g/mol. The van der Waals surface area contributed by atoms with Crippen molar-refractivity contribution < 1.29 is 15.3 Å². The number of phenols is 3. The van der Waals surface area contributed by atoms with E-state index in [9.17, 15) is 15.3 Å². The molecule has 0 aliphatic heterocycles. The molecule has 0 aliphatic carbocycles. The lowest BCUT2D eigenvalue weighted by Gasteiger charge is -2.10. The van der Waals surface area contributed by atoms with Crippen molar-refractivity contribution in [3.63, 3.8) is 0 Å². The number of aromatic hydroxyl groups is 3. The van der Waals surface area contributed by atoms with Gasteiger partial charge in [-0.1, -0.05) is 25.1 Å². The summed E-state index contributed by atoms with van der Waals surface area (Å²) in [6.45, 7) is 1.94. The molecule has 0 atom stereocenters. The van der Waals surface area contributed by atoms with Gasteiger partial charge in [0.05, 0.1) is 5.56 Å². The standard InChI is InChI=1S/C14H14O3/c1-2-9-7-12(16)14(13(17)8-9)10-5-3-4-6-11(10)15/h3-8,15-17H,2H2,1H3. The maximum atomic E-state index is 9.91. The van der Waals surface area contributed by atoms with Gasteiger partial charge in [-0.05, 0) is 30.2 Å². The summed E-state index contributed by atoms with van der Waals surface area (Å²) in [5.74, 6) is -0.0194. The molecular formula is C14H14O3. The maximum absolute atomic E-state index is 9.91. The van der Waals surface area contributed by atoms with Gasteiger partial charge in [0.25, 0.3) is 0 Å². The first-order valence-electron chi connectivity index (χ1n) is 5.46. The third kappa shape index (κ3) is 2.04. The number of hydrogen-bond acceptors (Lipinski definition) is 3. The Morgan fingerprint density at radius 2 is 1.47 bits per heavy atom. The summed E-state index contributed by atoms with van der Waals surface area (Å²) >= 11 is 0. The number of hydrogen-bond donors (Lipinski definition) is 3. The molecule has 17 heavy (non-hydrogen) atoms. The van der Waals surface area contributed by atoms with Crippen molar-refractivity contribution in [1.29, 1.82) is 0 Å². The van der Waals surface area contributed by atoms with Gasteiger partial charge in [0, 0.05) is 5.56 Å². The minimum Gasteiger partial charge on any atom is -0.507 e. The van der Waals surface area contributed by atoms with Crippen molar-refractivity contribution in [3.05, 3.63) is 42.0 Å². The molecular weight excluding hydrogens is 216 g/mol. The minimum absolute atomic E-state index is 0.0247. The molecule has 0 aromatic heterocycles. The third-order valence-electron chi connectivity index (χ3n) is 2.74. The Kier molecular flexibility index (Phi) is 2.91. The van der Waals surface area contributed by atoms with Gasteiger partial charge < -0.3 is 15.3 Å². The molecule has 0 unspecified atom stereocenters.